The normalized spacial score (nSPS) is 18.2. The molecule has 0 bridgehead atoms. The lowest BCUT2D eigenvalue weighted by molar-refractivity contribution is -0.133. The zero-order valence-corrected chi connectivity index (χ0v) is 14.4. The molecular formula is C17H25ClN2O2. The number of anilines is 1. The number of hydrogen-bond donors (Lipinski definition) is 1. The number of carbonyl (C=O) groups is 1. The number of likely N-dealkylation sites (tertiary alicyclic amines) is 1. The first-order chi connectivity index (χ1) is 10.6. The average Bonchev–Trinajstić information content (AvgIpc) is 2.55. The summed E-state index contributed by atoms with van der Waals surface area (Å²) >= 11 is 6.10. The van der Waals surface area contributed by atoms with Gasteiger partial charge in [-0.2, -0.15) is 0 Å². The van der Waals surface area contributed by atoms with Crippen LogP contribution in [-0.2, 0) is 4.79 Å². The zero-order valence-electron chi connectivity index (χ0n) is 13.6. The van der Waals surface area contributed by atoms with Crippen molar-refractivity contribution >= 4 is 23.2 Å². The zero-order chi connectivity index (χ0) is 16.1. The number of aryl methyl sites for hydroxylation is 1. The second-order valence-corrected chi connectivity index (χ2v) is 6.21. The van der Waals surface area contributed by atoms with E-state index in [1.165, 1.54) is 6.42 Å². The molecule has 1 saturated heterocycles. The standard InChI is InChI=1S/C17H25ClN2O2/c1-4-13-7-5-6-8-20(13)17(21)11-19-15-9-12(2)14(18)10-16(15)22-3/h9-10,13,19H,4-8,11H2,1-3H3. The maximum absolute atomic E-state index is 12.5. The Morgan fingerprint density at radius 1 is 1.45 bits per heavy atom. The van der Waals surface area contributed by atoms with E-state index in [9.17, 15) is 4.79 Å². The molecule has 1 fully saturated rings. The van der Waals surface area contributed by atoms with Crippen molar-refractivity contribution in [1.82, 2.24) is 4.90 Å². The van der Waals surface area contributed by atoms with E-state index in [-0.39, 0.29) is 12.5 Å². The molecule has 1 aromatic rings. The highest BCUT2D eigenvalue weighted by molar-refractivity contribution is 6.31. The van der Waals surface area contributed by atoms with Gasteiger partial charge in [-0.15, -0.1) is 0 Å². The van der Waals surface area contributed by atoms with Gasteiger partial charge in [-0.1, -0.05) is 18.5 Å². The second kappa shape index (κ2) is 7.73. The summed E-state index contributed by atoms with van der Waals surface area (Å²) in [6, 6.07) is 4.08. The van der Waals surface area contributed by atoms with Gasteiger partial charge < -0.3 is 15.0 Å². The van der Waals surface area contributed by atoms with Crippen LogP contribution in [0, 0.1) is 6.92 Å². The first kappa shape index (κ1) is 16.9. The minimum Gasteiger partial charge on any atom is -0.495 e. The van der Waals surface area contributed by atoms with E-state index < -0.39 is 0 Å². The first-order valence-corrected chi connectivity index (χ1v) is 8.32. The molecule has 0 spiro atoms. The molecule has 0 saturated carbocycles. The number of nitrogens with zero attached hydrogens (tertiary/aromatic N) is 1. The van der Waals surface area contributed by atoms with Gasteiger partial charge in [0.05, 0.1) is 19.3 Å². The predicted molar refractivity (Wildman–Crippen MR) is 90.9 cm³/mol. The summed E-state index contributed by atoms with van der Waals surface area (Å²) in [6.07, 6.45) is 4.46. The summed E-state index contributed by atoms with van der Waals surface area (Å²) in [6.45, 7) is 5.24. The number of methoxy groups -OCH3 is 1. The highest BCUT2D eigenvalue weighted by Crippen LogP contribution is 2.31. The Morgan fingerprint density at radius 2 is 2.23 bits per heavy atom. The first-order valence-electron chi connectivity index (χ1n) is 7.94. The van der Waals surface area contributed by atoms with Gasteiger partial charge in [0.1, 0.15) is 5.75 Å². The van der Waals surface area contributed by atoms with Crippen LogP contribution in [0.15, 0.2) is 12.1 Å². The van der Waals surface area contributed by atoms with Crippen LogP contribution in [0.1, 0.15) is 38.2 Å². The summed E-state index contributed by atoms with van der Waals surface area (Å²) in [5.74, 6) is 0.815. The van der Waals surface area contributed by atoms with Crippen LogP contribution < -0.4 is 10.1 Å². The lowest BCUT2D eigenvalue weighted by atomic mass is 10.00. The lowest BCUT2D eigenvalue weighted by Gasteiger charge is -2.35. The highest BCUT2D eigenvalue weighted by Gasteiger charge is 2.25. The van der Waals surface area contributed by atoms with Crippen LogP contribution in [0.25, 0.3) is 0 Å². The van der Waals surface area contributed by atoms with E-state index in [4.69, 9.17) is 16.3 Å². The monoisotopic (exact) mass is 324 g/mol. The largest absolute Gasteiger partial charge is 0.495 e. The minimum absolute atomic E-state index is 0.154. The molecule has 1 aromatic carbocycles. The Bertz CT molecular complexity index is 534. The molecule has 1 N–H and O–H groups in total. The number of ether oxygens (including phenoxy) is 1. The number of carbonyl (C=O) groups excluding carboxylic acids is 1. The molecule has 0 radical (unpaired) electrons. The maximum atomic E-state index is 12.5. The fourth-order valence-corrected chi connectivity index (χ4v) is 3.15. The van der Waals surface area contributed by atoms with Crippen molar-refractivity contribution in [3.63, 3.8) is 0 Å². The number of halogens is 1. The Labute approximate surface area is 137 Å². The number of piperidine rings is 1. The number of amides is 1. The third-order valence-corrected chi connectivity index (χ3v) is 4.74. The van der Waals surface area contributed by atoms with Crippen molar-refractivity contribution in [2.24, 2.45) is 0 Å². The molecule has 1 aliphatic heterocycles. The number of rotatable bonds is 5. The van der Waals surface area contributed by atoms with E-state index in [2.05, 4.69) is 12.2 Å². The third kappa shape index (κ3) is 3.86. The van der Waals surface area contributed by atoms with Gasteiger partial charge in [0.25, 0.3) is 0 Å². The van der Waals surface area contributed by atoms with Gasteiger partial charge in [-0.3, -0.25) is 4.79 Å². The Hall–Kier alpha value is -1.42. The van der Waals surface area contributed by atoms with Gasteiger partial charge in [-0.05, 0) is 44.2 Å². The highest BCUT2D eigenvalue weighted by atomic mass is 35.5. The smallest absolute Gasteiger partial charge is 0.242 e. The van der Waals surface area contributed by atoms with Crippen molar-refractivity contribution in [3.05, 3.63) is 22.7 Å². The molecule has 4 nitrogen and oxygen atoms in total. The van der Waals surface area contributed by atoms with E-state index >= 15 is 0 Å². The molecule has 1 amide bonds. The van der Waals surface area contributed by atoms with Crippen LogP contribution in [0.3, 0.4) is 0 Å². The fourth-order valence-electron chi connectivity index (χ4n) is 3.00. The van der Waals surface area contributed by atoms with Crippen LogP contribution in [0.2, 0.25) is 5.02 Å². The van der Waals surface area contributed by atoms with E-state index in [1.54, 1.807) is 13.2 Å². The van der Waals surface area contributed by atoms with Crippen LogP contribution in [0.5, 0.6) is 5.75 Å². The van der Waals surface area contributed by atoms with Crippen LogP contribution >= 0.6 is 11.6 Å². The number of hydrogen-bond acceptors (Lipinski definition) is 3. The van der Waals surface area contributed by atoms with Crippen molar-refractivity contribution in [1.29, 1.82) is 0 Å². The Morgan fingerprint density at radius 3 is 2.91 bits per heavy atom. The van der Waals surface area contributed by atoms with Gasteiger partial charge in [-0.25, -0.2) is 0 Å². The summed E-state index contributed by atoms with van der Waals surface area (Å²) in [5.41, 5.74) is 1.77. The quantitative estimate of drug-likeness (QED) is 0.894. The van der Waals surface area contributed by atoms with Crippen LogP contribution in [-0.4, -0.2) is 37.0 Å². The molecule has 22 heavy (non-hydrogen) atoms. The molecule has 122 valence electrons. The van der Waals surface area contributed by atoms with Gasteiger partial charge >= 0.3 is 0 Å². The van der Waals surface area contributed by atoms with Crippen molar-refractivity contribution in [2.45, 2.75) is 45.6 Å². The van der Waals surface area contributed by atoms with E-state index in [0.29, 0.717) is 16.8 Å². The van der Waals surface area contributed by atoms with E-state index in [1.807, 2.05) is 17.9 Å². The lowest BCUT2D eigenvalue weighted by Crippen LogP contribution is -2.45. The Kier molecular flexibility index (Phi) is 5.95. The fraction of sp³-hybridized carbons (Fsp3) is 0.588. The van der Waals surface area contributed by atoms with Crippen molar-refractivity contribution < 1.29 is 9.53 Å². The molecule has 1 atom stereocenters. The molecule has 0 aromatic heterocycles. The molecule has 1 unspecified atom stereocenters. The van der Waals surface area contributed by atoms with E-state index in [0.717, 1.165) is 37.1 Å². The van der Waals surface area contributed by atoms with Crippen LogP contribution in [0.4, 0.5) is 5.69 Å². The van der Waals surface area contributed by atoms with Gasteiger partial charge in [0.15, 0.2) is 0 Å². The molecule has 0 aliphatic carbocycles. The second-order valence-electron chi connectivity index (χ2n) is 5.80. The third-order valence-electron chi connectivity index (χ3n) is 4.33. The molecular weight excluding hydrogens is 300 g/mol. The summed E-state index contributed by atoms with van der Waals surface area (Å²) in [4.78, 5) is 14.5. The SMILES string of the molecule is CCC1CCCCN1C(=O)CNc1cc(C)c(Cl)cc1OC. The molecule has 1 heterocycles. The predicted octanol–water partition coefficient (Wildman–Crippen LogP) is 3.86. The Balaban J connectivity index is 2.03. The topological polar surface area (TPSA) is 41.6 Å². The molecule has 2 rings (SSSR count). The number of nitrogens with one attached hydrogen (secondary N) is 1. The molecule has 1 aliphatic rings. The van der Waals surface area contributed by atoms with Crippen molar-refractivity contribution in [3.8, 4) is 5.75 Å². The maximum Gasteiger partial charge on any atom is 0.242 e. The summed E-state index contributed by atoms with van der Waals surface area (Å²) in [7, 11) is 1.60. The summed E-state index contributed by atoms with van der Waals surface area (Å²) in [5, 5.41) is 3.86. The average molecular weight is 325 g/mol. The number of benzene rings is 1. The van der Waals surface area contributed by atoms with Crippen molar-refractivity contribution in [2.75, 3.05) is 25.5 Å². The van der Waals surface area contributed by atoms with Gasteiger partial charge in [0, 0.05) is 23.7 Å². The minimum atomic E-state index is 0.154. The van der Waals surface area contributed by atoms with Gasteiger partial charge in [0.2, 0.25) is 5.91 Å². The summed E-state index contributed by atoms with van der Waals surface area (Å²) < 4.78 is 5.33. The molecule has 5 heteroatoms.